The third-order valence-corrected chi connectivity index (χ3v) is 2.61. The van der Waals surface area contributed by atoms with Crippen molar-refractivity contribution in [3.63, 3.8) is 0 Å². The normalized spacial score (nSPS) is 18.5. The highest BCUT2D eigenvalue weighted by atomic mass is 16.3. The highest BCUT2D eigenvalue weighted by Crippen LogP contribution is 2.30. The van der Waals surface area contributed by atoms with E-state index in [0.717, 1.165) is 16.5 Å². The van der Waals surface area contributed by atoms with E-state index in [9.17, 15) is 5.11 Å². The molecule has 1 unspecified atom stereocenters. The minimum absolute atomic E-state index is 0.289. The second-order valence-electron chi connectivity index (χ2n) is 3.61. The summed E-state index contributed by atoms with van der Waals surface area (Å²) in [6, 6.07) is 5.57. The van der Waals surface area contributed by atoms with Gasteiger partial charge in [-0.3, -0.25) is 0 Å². The molecule has 6 nitrogen and oxygen atoms in total. The van der Waals surface area contributed by atoms with Gasteiger partial charge >= 0.3 is 0 Å². The van der Waals surface area contributed by atoms with Crippen molar-refractivity contribution in [2.75, 3.05) is 5.43 Å². The molecule has 6 heteroatoms. The minimum Gasteiger partial charge on any atom is -0.373 e. The van der Waals surface area contributed by atoms with Crippen molar-refractivity contribution >= 4 is 16.7 Å². The van der Waals surface area contributed by atoms with Gasteiger partial charge in [-0.2, -0.15) is 0 Å². The van der Waals surface area contributed by atoms with E-state index < -0.39 is 6.23 Å². The lowest BCUT2D eigenvalue weighted by atomic mass is 10.1. The first-order chi connectivity index (χ1) is 7.79. The van der Waals surface area contributed by atoms with Crippen LogP contribution in [0.15, 0.2) is 18.2 Å². The zero-order valence-electron chi connectivity index (χ0n) is 8.44. The Hall–Kier alpha value is -1.76. The molecule has 0 saturated carbocycles. The second kappa shape index (κ2) is 3.38. The number of anilines is 1. The second-order valence-corrected chi connectivity index (χ2v) is 3.61. The van der Waals surface area contributed by atoms with Gasteiger partial charge in [0.15, 0.2) is 5.82 Å². The molecule has 82 valence electrons. The van der Waals surface area contributed by atoms with Crippen LogP contribution in [0.2, 0.25) is 0 Å². The molecule has 1 aromatic heterocycles. The van der Waals surface area contributed by atoms with Gasteiger partial charge in [0.05, 0.1) is 17.4 Å². The summed E-state index contributed by atoms with van der Waals surface area (Å²) in [5.41, 5.74) is 12.7. The molecule has 16 heavy (non-hydrogen) atoms. The summed E-state index contributed by atoms with van der Waals surface area (Å²) in [7, 11) is 0. The topological polar surface area (TPSA) is 96.1 Å². The number of nitrogens with two attached hydrogens (primary N) is 1. The average molecular weight is 217 g/mol. The zero-order chi connectivity index (χ0) is 11.1. The molecule has 0 radical (unpaired) electrons. The number of nitrogens with zero attached hydrogens (tertiary/aromatic N) is 2. The van der Waals surface area contributed by atoms with Crippen molar-refractivity contribution in [2.45, 2.75) is 12.8 Å². The number of nitrogens with one attached hydrogen (secondary N) is 2. The van der Waals surface area contributed by atoms with Crippen molar-refractivity contribution in [3.05, 3.63) is 29.6 Å². The predicted molar refractivity (Wildman–Crippen MR) is 59.1 cm³/mol. The van der Waals surface area contributed by atoms with Crippen molar-refractivity contribution in [3.8, 4) is 0 Å². The average Bonchev–Trinajstić information content (AvgIpc) is 2.33. The number of hydrogen-bond donors (Lipinski definition) is 4. The highest BCUT2D eigenvalue weighted by molar-refractivity contribution is 5.93. The highest BCUT2D eigenvalue weighted by Gasteiger charge is 2.20. The largest absolute Gasteiger partial charge is 0.373 e. The zero-order valence-corrected chi connectivity index (χ0v) is 8.44. The van der Waals surface area contributed by atoms with Gasteiger partial charge in [-0.15, -0.1) is 0 Å². The summed E-state index contributed by atoms with van der Waals surface area (Å²) in [4.78, 5) is 8.58. The van der Waals surface area contributed by atoms with Crippen LogP contribution >= 0.6 is 0 Å². The monoisotopic (exact) mass is 217 g/mol. The van der Waals surface area contributed by atoms with E-state index in [2.05, 4.69) is 20.8 Å². The van der Waals surface area contributed by atoms with Crippen molar-refractivity contribution < 1.29 is 5.11 Å². The van der Waals surface area contributed by atoms with Crippen molar-refractivity contribution in [1.29, 1.82) is 0 Å². The molecule has 5 N–H and O–H groups in total. The van der Waals surface area contributed by atoms with Gasteiger partial charge in [0.25, 0.3) is 0 Å². The van der Waals surface area contributed by atoms with Crippen LogP contribution in [-0.4, -0.2) is 15.1 Å². The van der Waals surface area contributed by atoms with Crippen molar-refractivity contribution in [2.24, 2.45) is 5.73 Å². The number of aliphatic hydroxyl groups excluding tert-OH is 1. The van der Waals surface area contributed by atoms with Crippen LogP contribution in [0.25, 0.3) is 10.9 Å². The Balaban J connectivity index is 2.37. The van der Waals surface area contributed by atoms with E-state index in [1.54, 1.807) is 0 Å². The predicted octanol–water partition coefficient (Wildman–Crippen LogP) is 0.00950. The Morgan fingerprint density at radius 1 is 1.38 bits per heavy atom. The molecule has 0 aliphatic carbocycles. The van der Waals surface area contributed by atoms with Crippen LogP contribution in [0.1, 0.15) is 17.6 Å². The van der Waals surface area contributed by atoms with Gasteiger partial charge in [-0.05, 0) is 6.07 Å². The Morgan fingerprint density at radius 3 is 3.06 bits per heavy atom. The smallest absolute Gasteiger partial charge is 0.152 e. The molecule has 0 bridgehead atoms. The fraction of sp³-hybridized carbons (Fsp3) is 0.200. The standard InChI is InChI=1S/C10H11N5O/c11-4-7-12-6-3-1-2-5-8(6)9(13-7)14-15-10(5)16/h1-3,10,15-16H,4,11H2,(H,12,13,14). The fourth-order valence-electron chi connectivity index (χ4n) is 1.88. The van der Waals surface area contributed by atoms with Crippen LogP contribution in [-0.2, 0) is 6.54 Å². The summed E-state index contributed by atoms with van der Waals surface area (Å²) in [5, 5.41) is 10.6. The maximum Gasteiger partial charge on any atom is 0.152 e. The van der Waals surface area contributed by atoms with E-state index >= 15 is 0 Å². The quantitative estimate of drug-likeness (QED) is 0.537. The summed E-state index contributed by atoms with van der Waals surface area (Å²) >= 11 is 0. The van der Waals surface area contributed by atoms with E-state index in [1.807, 2.05) is 18.2 Å². The molecule has 1 atom stereocenters. The molecule has 0 fully saturated rings. The first-order valence-electron chi connectivity index (χ1n) is 4.99. The molecular formula is C10H11N5O. The van der Waals surface area contributed by atoms with Crippen LogP contribution in [0.3, 0.4) is 0 Å². The van der Waals surface area contributed by atoms with Crippen molar-refractivity contribution in [1.82, 2.24) is 15.4 Å². The van der Waals surface area contributed by atoms with Gasteiger partial charge in [-0.25, -0.2) is 15.4 Å². The van der Waals surface area contributed by atoms with E-state index in [-0.39, 0.29) is 6.54 Å². The van der Waals surface area contributed by atoms with Crippen LogP contribution in [0.5, 0.6) is 0 Å². The Labute approximate surface area is 91.5 Å². The number of hydrazine groups is 1. The van der Waals surface area contributed by atoms with Gasteiger partial charge in [-0.1, -0.05) is 12.1 Å². The van der Waals surface area contributed by atoms with Gasteiger partial charge in [0.1, 0.15) is 12.1 Å². The van der Waals surface area contributed by atoms with Crippen LogP contribution < -0.4 is 16.6 Å². The lowest BCUT2D eigenvalue weighted by Gasteiger charge is -2.23. The SMILES string of the molecule is NCc1nc2c3c(cccc3n1)C(O)NN2. The first kappa shape index (κ1) is 9.46. The van der Waals surface area contributed by atoms with E-state index in [4.69, 9.17) is 5.73 Å². The first-order valence-corrected chi connectivity index (χ1v) is 4.99. The van der Waals surface area contributed by atoms with Gasteiger partial charge in [0.2, 0.25) is 0 Å². The summed E-state index contributed by atoms with van der Waals surface area (Å²) in [6.07, 6.45) is -0.747. The molecule has 3 rings (SSSR count). The van der Waals surface area contributed by atoms with E-state index in [1.165, 1.54) is 0 Å². The molecular weight excluding hydrogens is 206 g/mol. The Kier molecular flexibility index (Phi) is 2.00. The number of rotatable bonds is 1. The molecule has 1 aliphatic heterocycles. The Bertz CT molecular complexity index is 556. The fourth-order valence-corrected chi connectivity index (χ4v) is 1.88. The minimum atomic E-state index is -0.747. The van der Waals surface area contributed by atoms with Crippen LogP contribution in [0.4, 0.5) is 5.82 Å². The number of aromatic nitrogens is 2. The Morgan fingerprint density at radius 2 is 2.25 bits per heavy atom. The third-order valence-electron chi connectivity index (χ3n) is 2.61. The molecule has 0 saturated heterocycles. The maximum atomic E-state index is 9.74. The maximum absolute atomic E-state index is 9.74. The number of benzene rings is 1. The molecule has 2 heterocycles. The molecule has 2 aromatic rings. The molecule has 1 aromatic carbocycles. The molecule has 1 aliphatic rings. The number of aliphatic hydroxyl groups is 1. The van der Waals surface area contributed by atoms with Gasteiger partial charge < -0.3 is 16.3 Å². The third kappa shape index (κ3) is 1.25. The summed E-state index contributed by atoms with van der Waals surface area (Å²) < 4.78 is 0. The lowest BCUT2D eigenvalue weighted by Crippen LogP contribution is -2.32. The van der Waals surface area contributed by atoms with Gasteiger partial charge in [0, 0.05) is 5.56 Å². The summed E-state index contributed by atoms with van der Waals surface area (Å²) in [6.45, 7) is 0.289. The molecule has 0 amide bonds. The molecule has 0 spiro atoms. The lowest BCUT2D eigenvalue weighted by molar-refractivity contribution is 0.148. The number of hydrogen-bond acceptors (Lipinski definition) is 6. The van der Waals surface area contributed by atoms with Crippen LogP contribution in [0, 0.1) is 0 Å². The summed E-state index contributed by atoms with van der Waals surface area (Å²) in [5.74, 6) is 1.23. The van der Waals surface area contributed by atoms with E-state index in [0.29, 0.717) is 11.6 Å².